The molecule has 0 amide bonds. The number of hydroxylamine groups is 1. The minimum Gasteiger partial charge on any atom is -0.275 e. The van der Waals surface area contributed by atoms with Gasteiger partial charge in [-0.25, -0.2) is 8.42 Å². The maximum Gasteiger partial charge on any atom is 0.269 e. The highest BCUT2D eigenvalue weighted by Crippen LogP contribution is 2.44. The summed E-state index contributed by atoms with van der Waals surface area (Å²) < 4.78 is 27.7. The van der Waals surface area contributed by atoms with E-state index in [1.807, 2.05) is 30.3 Å². The Morgan fingerprint density at radius 3 is 2.17 bits per heavy atom. The zero-order valence-corrected chi connectivity index (χ0v) is 17.2. The van der Waals surface area contributed by atoms with Gasteiger partial charge in [0.1, 0.15) is 6.10 Å². The summed E-state index contributed by atoms with van der Waals surface area (Å²) in [5, 5.41) is 11.4. The fourth-order valence-corrected chi connectivity index (χ4v) is 4.98. The van der Waals surface area contributed by atoms with Gasteiger partial charge in [-0.15, -0.1) is 0 Å². The second-order valence-electron chi connectivity index (χ2n) is 6.82. The largest absolute Gasteiger partial charge is 0.275 e. The molecule has 3 aromatic rings. The van der Waals surface area contributed by atoms with E-state index in [0.717, 1.165) is 27.7 Å². The number of rotatable bonds is 5. The van der Waals surface area contributed by atoms with Gasteiger partial charge in [0.2, 0.25) is 0 Å². The van der Waals surface area contributed by atoms with E-state index >= 15 is 0 Å². The smallest absolute Gasteiger partial charge is 0.269 e. The molecule has 1 aliphatic heterocycles. The fraction of sp³-hybridized carbons (Fsp3) is 0.143. The van der Waals surface area contributed by atoms with Crippen LogP contribution in [0.4, 0.5) is 5.69 Å². The van der Waals surface area contributed by atoms with Gasteiger partial charge in [-0.05, 0) is 35.4 Å². The third-order valence-corrected chi connectivity index (χ3v) is 6.87. The highest BCUT2D eigenvalue weighted by Gasteiger charge is 2.43. The molecule has 4 rings (SSSR count). The van der Waals surface area contributed by atoms with Crippen LogP contribution >= 0.6 is 11.6 Å². The van der Waals surface area contributed by atoms with Gasteiger partial charge in [0.15, 0.2) is 0 Å². The quantitative estimate of drug-likeness (QED) is 0.405. The second-order valence-corrected chi connectivity index (χ2v) is 9.04. The molecule has 1 saturated heterocycles. The number of non-ortho nitro benzene ring substituents is 1. The summed E-state index contributed by atoms with van der Waals surface area (Å²) in [6, 6.07) is 20.5. The van der Waals surface area contributed by atoms with Crippen molar-refractivity contribution in [2.45, 2.75) is 23.5 Å². The lowest BCUT2D eigenvalue weighted by Gasteiger charge is -2.22. The molecule has 154 valence electrons. The number of nitrogens with zero attached hydrogens (tertiary/aromatic N) is 2. The van der Waals surface area contributed by atoms with E-state index in [9.17, 15) is 18.5 Å². The standard InChI is InChI=1S/C21H17ClN2O5S/c22-17-8-6-15(7-9-17)20-14-21(16-4-2-1-3-5-16)29-24(20)30(27,28)19-12-10-18(11-13-19)23(25)26/h1-13,20-21H,14H2. The van der Waals surface area contributed by atoms with Gasteiger partial charge in [-0.1, -0.05) is 58.5 Å². The molecule has 0 saturated carbocycles. The normalized spacial score (nSPS) is 19.6. The average Bonchev–Trinajstić information content (AvgIpc) is 3.21. The predicted molar refractivity (Wildman–Crippen MR) is 111 cm³/mol. The summed E-state index contributed by atoms with van der Waals surface area (Å²) in [6.45, 7) is 0. The molecule has 3 aromatic carbocycles. The third kappa shape index (κ3) is 3.95. The van der Waals surface area contributed by atoms with Gasteiger partial charge >= 0.3 is 0 Å². The minimum absolute atomic E-state index is 0.0826. The first-order valence-corrected chi connectivity index (χ1v) is 10.9. The Morgan fingerprint density at radius 2 is 1.57 bits per heavy atom. The number of sulfonamides is 1. The Labute approximate surface area is 178 Å². The monoisotopic (exact) mass is 444 g/mol. The molecule has 0 aromatic heterocycles. The topological polar surface area (TPSA) is 89.8 Å². The molecule has 2 unspecified atom stereocenters. The lowest BCUT2D eigenvalue weighted by molar-refractivity contribution is -0.384. The number of nitro groups is 1. The summed E-state index contributed by atoms with van der Waals surface area (Å²) in [4.78, 5) is 16.2. The zero-order chi connectivity index (χ0) is 21.3. The van der Waals surface area contributed by atoms with Gasteiger partial charge in [0.25, 0.3) is 15.7 Å². The van der Waals surface area contributed by atoms with Crippen LogP contribution in [0.15, 0.2) is 83.8 Å². The molecule has 2 atom stereocenters. The van der Waals surface area contributed by atoms with Crippen molar-refractivity contribution in [1.29, 1.82) is 0 Å². The van der Waals surface area contributed by atoms with Crippen LogP contribution in [0.3, 0.4) is 0 Å². The van der Waals surface area contributed by atoms with E-state index in [-0.39, 0.29) is 10.6 Å². The Bertz CT molecular complexity index is 1150. The first-order chi connectivity index (χ1) is 14.4. The van der Waals surface area contributed by atoms with E-state index < -0.39 is 27.1 Å². The second kappa shape index (κ2) is 8.16. The molecule has 0 spiro atoms. The van der Waals surface area contributed by atoms with Gasteiger partial charge in [-0.3, -0.25) is 15.0 Å². The third-order valence-electron chi connectivity index (χ3n) is 4.93. The Morgan fingerprint density at radius 1 is 0.933 bits per heavy atom. The van der Waals surface area contributed by atoms with Crippen molar-refractivity contribution in [3.05, 3.63) is 105 Å². The first kappa shape index (κ1) is 20.5. The van der Waals surface area contributed by atoms with E-state index in [1.165, 1.54) is 12.1 Å². The molecule has 1 fully saturated rings. The van der Waals surface area contributed by atoms with Gasteiger partial charge in [0.05, 0.1) is 15.9 Å². The SMILES string of the molecule is O=[N+]([O-])c1ccc(S(=O)(=O)N2OC(c3ccccc3)CC2c2ccc(Cl)cc2)cc1. The molecule has 0 radical (unpaired) electrons. The number of hydrogen-bond acceptors (Lipinski definition) is 5. The highest BCUT2D eigenvalue weighted by atomic mass is 35.5. The van der Waals surface area contributed by atoms with Crippen LogP contribution in [0.5, 0.6) is 0 Å². The van der Waals surface area contributed by atoms with Crippen molar-refractivity contribution in [1.82, 2.24) is 4.47 Å². The van der Waals surface area contributed by atoms with Crippen molar-refractivity contribution >= 4 is 27.3 Å². The summed E-state index contributed by atoms with van der Waals surface area (Å²) in [6.07, 6.45) is -0.0441. The molecule has 0 bridgehead atoms. The van der Waals surface area contributed by atoms with Gasteiger partial charge in [-0.2, -0.15) is 0 Å². The van der Waals surface area contributed by atoms with E-state index in [4.69, 9.17) is 16.4 Å². The first-order valence-electron chi connectivity index (χ1n) is 9.12. The van der Waals surface area contributed by atoms with Crippen molar-refractivity contribution in [3.8, 4) is 0 Å². The summed E-state index contributed by atoms with van der Waals surface area (Å²) >= 11 is 5.99. The summed E-state index contributed by atoms with van der Waals surface area (Å²) in [5.74, 6) is 0. The van der Waals surface area contributed by atoms with Crippen LogP contribution < -0.4 is 0 Å². The van der Waals surface area contributed by atoms with Crippen molar-refractivity contribution in [2.24, 2.45) is 0 Å². The lowest BCUT2D eigenvalue weighted by Crippen LogP contribution is -2.29. The number of hydrogen-bond donors (Lipinski definition) is 0. The van der Waals surface area contributed by atoms with Gasteiger partial charge in [0, 0.05) is 23.6 Å². The predicted octanol–water partition coefficient (Wildman–Crippen LogP) is 5.06. The Balaban J connectivity index is 1.73. The molecule has 7 nitrogen and oxygen atoms in total. The maximum absolute atomic E-state index is 13.3. The molecule has 1 aliphatic rings. The minimum atomic E-state index is -4.07. The molecule has 1 heterocycles. The van der Waals surface area contributed by atoms with Crippen LogP contribution in [0, 0.1) is 10.1 Å². The summed E-state index contributed by atoms with van der Waals surface area (Å²) in [7, 11) is -4.07. The number of halogens is 1. The van der Waals surface area contributed by atoms with Crippen molar-refractivity contribution in [3.63, 3.8) is 0 Å². The lowest BCUT2D eigenvalue weighted by atomic mass is 9.99. The van der Waals surface area contributed by atoms with Crippen LogP contribution in [0.25, 0.3) is 0 Å². The van der Waals surface area contributed by atoms with Crippen LogP contribution in [0.2, 0.25) is 5.02 Å². The van der Waals surface area contributed by atoms with Crippen LogP contribution in [0.1, 0.15) is 29.7 Å². The highest BCUT2D eigenvalue weighted by molar-refractivity contribution is 7.89. The Kier molecular flexibility index (Phi) is 5.57. The van der Waals surface area contributed by atoms with E-state index in [0.29, 0.717) is 11.4 Å². The zero-order valence-electron chi connectivity index (χ0n) is 15.6. The maximum atomic E-state index is 13.3. The average molecular weight is 445 g/mol. The summed E-state index contributed by atoms with van der Waals surface area (Å²) in [5.41, 5.74) is 1.41. The van der Waals surface area contributed by atoms with Gasteiger partial charge < -0.3 is 0 Å². The van der Waals surface area contributed by atoms with E-state index in [2.05, 4.69) is 0 Å². The fourth-order valence-electron chi connectivity index (χ4n) is 3.41. The number of nitro benzene ring substituents is 1. The van der Waals surface area contributed by atoms with Crippen molar-refractivity contribution in [2.75, 3.05) is 0 Å². The number of benzene rings is 3. The molecule has 0 N–H and O–H groups in total. The van der Waals surface area contributed by atoms with E-state index in [1.54, 1.807) is 24.3 Å². The molecule has 9 heteroatoms. The molecule has 30 heavy (non-hydrogen) atoms. The Hall–Kier alpha value is -2.78. The van der Waals surface area contributed by atoms with Crippen LogP contribution in [-0.2, 0) is 14.9 Å². The molecular weight excluding hydrogens is 428 g/mol. The van der Waals surface area contributed by atoms with Crippen molar-refractivity contribution < 1.29 is 18.2 Å². The molecular formula is C21H17ClN2O5S. The van der Waals surface area contributed by atoms with Crippen LogP contribution in [-0.4, -0.2) is 17.8 Å². The molecule has 0 aliphatic carbocycles.